The van der Waals surface area contributed by atoms with Gasteiger partial charge in [0.2, 0.25) is 0 Å². The van der Waals surface area contributed by atoms with Gasteiger partial charge >= 0.3 is 0 Å². The monoisotopic (exact) mass is 694 g/mol. The van der Waals surface area contributed by atoms with Crippen molar-refractivity contribution < 1.29 is 0 Å². The lowest BCUT2D eigenvalue weighted by Gasteiger charge is -2.14. The average molecular weight is 695 g/mol. The molecule has 1 aromatic heterocycles. The van der Waals surface area contributed by atoms with E-state index >= 15 is 0 Å². The van der Waals surface area contributed by atoms with Crippen LogP contribution in [0.3, 0.4) is 0 Å². The van der Waals surface area contributed by atoms with Crippen molar-refractivity contribution in [1.82, 2.24) is 4.57 Å². The summed E-state index contributed by atoms with van der Waals surface area (Å²) in [6.07, 6.45) is 6.18. The molecule has 0 saturated heterocycles. The maximum atomic E-state index is 5.11. The van der Waals surface area contributed by atoms with E-state index in [2.05, 4.69) is 201 Å². The number of para-hydroxylation sites is 1. The van der Waals surface area contributed by atoms with Gasteiger partial charge in [-0.15, -0.1) is 0 Å². The Morgan fingerprint density at radius 2 is 1.07 bits per heavy atom. The van der Waals surface area contributed by atoms with Gasteiger partial charge in [0.15, 0.2) is 0 Å². The lowest BCUT2D eigenvalue weighted by atomic mass is 9.93. The minimum Gasteiger partial charge on any atom is -0.309 e. The normalized spacial score (nSPS) is 12.2. The summed E-state index contributed by atoms with van der Waals surface area (Å²) in [7, 11) is 0. The zero-order valence-electron chi connectivity index (χ0n) is 31.0. The molecule has 7 aromatic carbocycles. The Morgan fingerprint density at radius 3 is 1.76 bits per heavy atom. The van der Waals surface area contributed by atoms with Crippen molar-refractivity contribution in [2.75, 3.05) is 0 Å². The zero-order chi connectivity index (χ0) is 37.0. The molecule has 0 aliphatic heterocycles. The molecule has 0 atom stereocenters. The summed E-state index contributed by atoms with van der Waals surface area (Å²) in [6, 6.07) is 60.8. The molecule has 2 nitrogen and oxygen atoms in total. The van der Waals surface area contributed by atoms with E-state index in [-0.39, 0.29) is 0 Å². The summed E-state index contributed by atoms with van der Waals surface area (Å²) in [5.74, 6) is 0. The molecular formula is C52H42N2. The number of aromatic nitrogens is 1. The predicted molar refractivity (Wildman–Crippen MR) is 233 cm³/mol. The molecule has 0 N–H and O–H groups in total. The first-order valence-corrected chi connectivity index (χ1v) is 18.5. The van der Waals surface area contributed by atoms with Gasteiger partial charge in [-0.3, -0.25) is 4.99 Å². The number of nitrogens with zero attached hydrogens (tertiary/aromatic N) is 2. The Kier molecular flexibility index (Phi) is 9.58. The molecule has 0 saturated carbocycles. The highest BCUT2D eigenvalue weighted by molar-refractivity contribution is 6.10. The van der Waals surface area contributed by atoms with Crippen molar-refractivity contribution in [1.29, 1.82) is 0 Å². The highest BCUT2D eigenvalue weighted by Gasteiger charge is 2.16. The lowest BCUT2D eigenvalue weighted by Crippen LogP contribution is -1.95. The fraction of sp³-hybridized carbons (Fsp3) is 0.0577. The summed E-state index contributed by atoms with van der Waals surface area (Å²) < 4.78 is 2.38. The van der Waals surface area contributed by atoms with Crippen LogP contribution in [0, 0.1) is 0 Å². The quantitative estimate of drug-likeness (QED) is 0.106. The fourth-order valence-electron chi connectivity index (χ4n) is 7.20. The first-order valence-electron chi connectivity index (χ1n) is 18.5. The largest absolute Gasteiger partial charge is 0.309 e. The zero-order valence-corrected chi connectivity index (χ0v) is 31.0. The van der Waals surface area contributed by atoms with Crippen molar-refractivity contribution >= 4 is 38.8 Å². The van der Waals surface area contributed by atoms with Gasteiger partial charge in [-0.1, -0.05) is 152 Å². The molecule has 2 heteroatoms. The van der Waals surface area contributed by atoms with Crippen LogP contribution in [-0.2, 0) is 0 Å². The Labute approximate surface area is 318 Å². The van der Waals surface area contributed by atoms with Crippen LogP contribution in [0.1, 0.15) is 31.9 Å². The van der Waals surface area contributed by atoms with Gasteiger partial charge in [0.05, 0.1) is 16.7 Å². The molecule has 0 bridgehead atoms. The number of hydrogen-bond donors (Lipinski definition) is 0. The van der Waals surface area contributed by atoms with Crippen LogP contribution in [0.25, 0.3) is 66.4 Å². The molecule has 0 spiro atoms. The lowest BCUT2D eigenvalue weighted by molar-refractivity contribution is 1.18. The van der Waals surface area contributed by atoms with Gasteiger partial charge < -0.3 is 4.57 Å². The summed E-state index contributed by atoms with van der Waals surface area (Å²) in [5.41, 5.74) is 16.7. The van der Waals surface area contributed by atoms with Crippen molar-refractivity contribution in [2.24, 2.45) is 4.99 Å². The third-order valence-corrected chi connectivity index (χ3v) is 10.3. The maximum absolute atomic E-state index is 5.11. The van der Waals surface area contributed by atoms with Crippen LogP contribution in [-0.4, -0.2) is 10.3 Å². The number of allylic oxidation sites excluding steroid dienone is 4. The SMILES string of the molecule is C=C(c1ccccc1)c1cc(-c2ccc3c(c2)c2ccccc2n3-c2ccc(-c3ccc(-c4ccccc4)cc3)cc2)ccc1/N=C(C)/C(C)=C/C=C\C. The summed E-state index contributed by atoms with van der Waals surface area (Å²) in [6.45, 7) is 10.8. The van der Waals surface area contributed by atoms with Gasteiger partial charge in [0, 0.05) is 27.7 Å². The summed E-state index contributed by atoms with van der Waals surface area (Å²) in [5, 5.41) is 2.44. The third-order valence-electron chi connectivity index (χ3n) is 10.3. The van der Waals surface area contributed by atoms with Gasteiger partial charge in [-0.2, -0.15) is 0 Å². The molecule has 0 aliphatic carbocycles. The van der Waals surface area contributed by atoms with E-state index in [1.807, 2.05) is 19.1 Å². The highest BCUT2D eigenvalue weighted by atomic mass is 15.0. The minimum atomic E-state index is 0.909. The fourth-order valence-corrected chi connectivity index (χ4v) is 7.20. The van der Waals surface area contributed by atoms with E-state index in [1.54, 1.807) is 0 Å². The molecule has 0 aliphatic rings. The molecule has 0 radical (unpaired) electrons. The number of aliphatic imine (C=N–C) groups is 1. The van der Waals surface area contributed by atoms with E-state index in [0.717, 1.165) is 50.5 Å². The maximum Gasteiger partial charge on any atom is 0.0711 e. The van der Waals surface area contributed by atoms with Crippen LogP contribution in [0.4, 0.5) is 5.69 Å². The predicted octanol–water partition coefficient (Wildman–Crippen LogP) is 14.5. The van der Waals surface area contributed by atoms with Crippen molar-refractivity contribution in [3.8, 4) is 39.1 Å². The van der Waals surface area contributed by atoms with Crippen molar-refractivity contribution in [2.45, 2.75) is 20.8 Å². The topological polar surface area (TPSA) is 17.3 Å². The van der Waals surface area contributed by atoms with Crippen LogP contribution < -0.4 is 0 Å². The van der Waals surface area contributed by atoms with Gasteiger partial charge in [-0.25, -0.2) is 0 Å². The molecular weight excluding hydrogens is 653 g/mol. The summed E-state index contributed by atoms with van der Waals surface area (Å²) in [4.78, 5) is 5.11. The molecule has 0 amide bonds. The standard InChI is InChI=1S/C52H42N2/c1-5-6-15-36(2)38(4)53-50-32-28-44(34-48(50)37(3)39-16-9-7-10-17-39)45-29-33-52-49(35-45)47-20-13-14-21-51(47)54(52)46-30-26-43(27-31-46)42-24-22-41(23-25-42)40-18-11-8-12-19-40/h5-35H,3H2,1-2,4H3/b6-5-,36-15+,53-38+. The first-order chi connectivity index (χ1) is 26.5. The second-order valence-electron chi connectivity index (χ2n) is 13.7. The molecule has 260 valence electrons. The van der Waals surface area contributed by atoms with Gasteiger partial charge in [0.1, 0.15) is 0 Å². The Balaban J connectivity index is 1.17. The molecule has 1 heterocycles. The van der Waals surface area contributed by atoms with Crippen LogP contribution in [0.2, 0.25) is 0 Å². The number of fused-ring (bicyclic) bond motifs is 3. The molecule has 54 heavy (non-hydrogen) atoms. The summed E-state index contributed by atoms with van der Waals surface area (Å²) >= 11 is 0. The van der Waals surface area contributed by atoms with E-state index in [1.165, 1.54) is 44.1 Å². The highest BCUT2D eigenvalue weighted by Crippen LogP contribution is 2.38. The van der Waals surface area contributed by atoms with Crippen molar-refractivity contribution in [3.05, 3.63) is 211 Å². The first kappa shape index (κ1) is 34.3. The smallest absolute Gasteiger partial charge is 0.0711 e. The second kappa shape index (κ2) is 15.1. The molecule has 0 fully saturated rings. The molecule has 8 aromatic rings. The Hall–Kier alpha value is -6.77. The van der Waals surface area contributed by atoms with Crippen LogP contribution in [0.15, 0.2) is 205 Å². The van der Waals surface area contributed by atoms with Crippen molar-refractivity contribution in [3.63, 3.8) is 0 Å². The van der Waals surface area contributed by atoms with E-state index < -0.39 is 0 Å². The third kappa shape index (κ3) is 6.78. The molecule has 0 unspecified atom stereocenters. The van der Waals surface area contributed by atoms with E-state index in [9.17, 15) is 0 Å². The second-order valence-corrected chi connectivity index (χ2v) is 13.7. The molecule has 8 rings (SSSR count). The van der Waals surface area contributed by atoms with Gasteiger partial charge in [-0.05, 0) is 113 Å². The number of rotatable bonds is 9. The Morgan fingerprint density at radius 1 is 0.537 bits per heavy atom. The van der Waals surface area contributed by atoms with Crippen LogP contribution in [0.5, 0.6) is 0 Å². The number of hydrogen-bond acceptors (Lipinski definition) is 1. The number of benzene rings is 7. The minimum absolute atomic E-state index is 0.909. The van der Waals surface area contributed by atoms with Crippen LogP contribution >= 0.6 is 0 Å². The van der Waals surface area contributed by atoms with E-state index in [4.69, 9.17) is 4.99 Å². The Bertz CT molecular complexity index is 2710. The average Bonchev–Trinajstić information content (AvgIpc) is 3.57. The van der Waals surface area contributed by atoms with Gasteiger partial charge in [0.25, 0.3) is 0 Å². The van der Waals surface area contributed by atoms with E-state index in [0.29, 0.717) is 0 Å².